The Balaban J connectivity index is 3.02. The molecule has 0 aliphatic rings. The summed E-state index contributed by atoms with van der Waals surface area (Å²) in [4.78, 5) is 0. The average molecular weight is 172 g/mol. The SMILES string of the molecule is COc1ccc(Cl)c(CN)c1. The lowest BCUT2D eigenvalue weighted by Crippen LogP contribution is -1.97. The topological polar surface area (TPSA) is 35.2 Å². The Morgan fingerprint density at radius 1 is 1.55 bits per heavy atom. The molecule has 1 aromatic carbocycles. The minimum absolute atomic E-state index is 0.441. The van der Waals surface area contributed by atoms with Gasteiger partial charge >= 0.3 is 0 Å². The number of halogens is 1. The van der Waals surface area contributed by atoms with Crippen LogP contribution in [-0.4, -0.2) is 7.11 Å². The van der Waals surface area contributed by atoms with Crippen LogP contribution in [0.25, 0.3) is 0 Å². The van der Waals surface area contributed by atoms with Crippen molar-refractivity contribution >= 4 is 11.6 Å². The zero-order chi connectivity index (χ0) is 8.27. The molecule has 2 N–H and O–H groups in total. The molecule has 0 radical (unpaired) electrons. The van der Waals surface area contributed by atoms with E-state index >= 15 is 0 Å². The summed E-state index contributed by atoms with van der Waals surface area (Å²) in [6.07, 6.45) is 0. The molecule has 0 saturated heterocycles. The highest BCUT2D eigenvalue weighted by Gasteiger charge is 1.98. The van der Waals surface area contributed by atoms with Gasteiger partial charge in [-0.05, 0) is 23.8 Å². The van der Waals surface area contributed by atoms with Gasteiger partial charge in [0.1, 0.15) is 5.75 Å². The van der Waals surface area contributed by atoms with Crippen LogP contribution in [0, 0.1) is 0 Å². The van der Waals surface area contributed by atoms with Crippen molar-refractivity contribution in [1.82, 2.24) is 0 Å². The third-order valence-corrected chi connectivity index (χ3v) is 1.84. The number of rotatable bonds is 2. The van der Waals surface area contributed by atoms with Gasteiger partial charge in [0.2, 0.25) is 0 Å². The van der Waals surface area contributed by atoms with Crippen LogP contribution in [0.1, 0.15) is 5.56 Å². The van der Waals surface area contributed by atoms with E-state index < -0.39 is 0 Å². The monoisotopic (exact) mass is 171 g/mol. The Morgan fingerprint density at radius 2 is 2.27 bits per heavy atom. The zero-order valence-corrected chi connectivity index (χ0v) is 7.06. The molecule has 1 rings (SSSR count). The van der Waals surface area contributed by atoms with Crippen LogP contribution in [0.15, 0.2) is 18.2 Å². The minimum atomic E-state index is 0.441. The van der Waals surface area contributed by atoms with Gasteiger partial charge in [0.15, 0.2) is 0 Å². The van der Waals surface area contributed by atoms with Crippen LogP contribution in [0.3, 0.4) is 0 Å². The summed E-state index contributed by atoms with van der Waals surface area (Å²) in [6.45, 7) is 0.441. The van der Waals surface area contributed by atoms with E-state index in [1.165, 1.54) is 0 Å². The molecule has 3 heteroatoms. The second-order valence-corrected chi connectivity index (χ2v) is 2.57. The van der Waals surface area contributed by atoms with Gasteiger partial charge in [-0.25, -0.2) is 0 Å². The maximum Gasteiger partial charge on any atom is 0.119 e. The summed E-state index contributed by atoms with van der Waals surface area (Å²) in [5, 5.41) is 0.688. The van der Waals surface area contributed by atoms with E-state index in [0.717, 1.165) is 11.3 Å². The van der Waals surface area contributed by atoms with Crippen LogP contribution in [0.2, 0.25) is 5.02 Å². The van der Waals surface area contributed by atoms with Crippen molar-refractivity contribution in [2.75, 3.05) is 7.11 Å². The van der Waals surface area contributed by atoms with Crippen molar-refractivity contribution in [2.24, 2.45) is 5.73 Å². The predicted molar refractivity (Wildman–Crippen MR) is 45.9 cm³/mol. The molecule has 0 amide bonds. The van der Waals surface area contributed by atoms with Gasteiger partial charge in [-0.2, -0.15) is 0 Å². The molecule has 0 aliphatic heterocycles. The molecule has 0 spiro atoms. The lowest BCUT2D eigenvalue weighted by molar-refractivity contribution is 0.414. The lowest BCUT2D eigenvalue weighted by Gasteiger charge is -2.03. The molecule has 1 aromatic rings. The maximum absolute atomic E-state index is 5.82. The molecule has 0 atom stereocenters. The predicted octanol–water partition coefficient (Wildman–Crippen LogP) is 1.81. The second kappa shape index (κ2) is 3.60. The molecule has 0 bridgehead atoms. The van der Waals surface area contributed by atoms with E-state index in [-0.39, 0.29) is 0 Å². The lowest BCUT2D eigenvalue weighted by atomic mass is 10.2. The molecule has 2 nitrogen and oxygen atoms in total. The van der Waals surface area contributed by atoms with Gasteiger partial charge < -0.3 is 10.5 Å². The number of nitrogens with two attached hydrogens (primary N) is 1. The average Bonchev–Trinajstić information content (AvgIpc) is 2.05. The summed E-state index contributed by atoms with van der Waals surface area (Å²) >= 11 is 5.82. The van der Waals surface area contributed by atoms with E-state index in [4.69, 9.17) is 22.1 Å². The fourth-order valence-electron chi connectivity index (χ4n) is 0.835. The largest absolute Gasteiger partial charge is 0.497 e. The smallest absolute Gasteiger partial charge is 0.119 e. The van der Waals surface area contributed by atoms with Gasteiger partial charge in [0, 0.05) is 11.6 Å². The summed E-state index contributed by atoms with van der Waals surface area (Å²) in [6, 6.07) is 5.42. The van der Waals surface area contributed by atoms with Crippen LogP contribution in [-0.2, 0) is 6.54 Å². The third-order valence-electron chi connectivity index (χ3n) is 1.47. The Kier molecular flexibility index (Phi) is 2.74. The fourth-order valence-corrected chi connectivity index (χ4v) is 1.03. The van der Waals surface area contributed by atoms with E-state index in [1.807, 2.05) is 12.1 Å². The first-order valence-corrected chi connectivity index (χ1v) is 3.68. The number of hydrogen-bond acceptors (Lipinski definition) is 2. The first-order chi connectivity index (χ1) is 5.27. The van der Waals surface area contributed by atoms with Gasteiger partial charge in [-0.15, -0.1) is 0 Å². The second-order valence-electron chi connectivity index (χ2n) is 2.16. The van der Waals surface area contributed by atoms with E-state index in [2.05, 4.69) is 0 Å². The van der Waals surface area contributed by atoms with Crippen LogP contribution in [0.5, 0.6) is 5.75 Å². The Morgan fingerprint density at radius 3 is 2.82 bits per heavy atom. The van der Waals surface area contributed by atoms with Gasteiger partial charge in [0.05, 0.1) is 7.11 Å². The molecule has 0 fully saturated rings. The minimum Gasteiger partial charge on any atom is -0.497 e. The molecular weight excluding hydrogens is 162 g/mol. The van der Waals surface area contributed by atoms with Crippen molar-refractivity contribution in [2.45, 2.75) is 6.54 Å². The van der Waals surface area contributed by atoms with Crippen molar-refractivity contribution < 1.29 is 4.74 Å². The van der Waals surface area contributed by atoms with Crippen molar-refractivity contribution in [3.8, 4) is 5.75 Å². The highest BCUT2D eigenvalue weighted by molar-refractivity contribution is 6.31. The van der Waals surface area contributed by atoms with Gasteiger partial charge in [0.25, 0.3) is 0 Å². The van der Waals surface area contributed by atoms with Crippen molar-refractivity contribution in [3.63, 3.8) is 0 Å². The summed E-state index contributed by atoms with van der Waals surface area (Å²) in [7, 11) is 1.61. The van der Waals surface area contributed by atoms with Crippen LogP contribution < -0.4 is 10.5 Å². The van der Waals surface area contributed by atoms with E-state index in [1.54, 1.807) is 13.2 Å². The quantitative estimate of drug-likeness (QED) is 0.737. The highest BCUT2D eigenvalue weighted by Crippen LogP contribution is 2.20. The number of benzene rings is 1. The fraction of sp³-hybridized carbons (Fsp3) is 0.250. The van der Waals surface area contributed by atoms with E-state index in [0.29, 0.717) is 11.6 Å². The first-order valence-electron chi connectivity index (χ1n) is 3.30. The molecule has 0 aromatic heterocycles. The Bertz CT molecular complexity index is 250. The summed E-state index contributed by atoms with van der Waals surface area (Å²) in [5.74, 6) is 0.787. The highest BCUT2D eigenvalue weighted by atomic mass is 35.5. The Labute approximate surface area is 70.9 Å². The Hall–Kier alpha value is -0.730. The van der Waals surface area contributed by atoms with Crippen molar-refractivity contribution in [1.29, 1.82) is 0 Å². The van der Waals surface area contributed by atoms with Crippen molar-refractivity contribution in [3.05, 3.63) is 28.8 Å². The third kappa shape index (κ3) is 1.85. The maximum atomic E-state index is 5.82. The number of methoxy groups -OCH3 is 1. The standard InChI is InChI=1S/C8H10ClNO/c1-11-7-2-3-8(9)6(4-7)5-10/h2-4H,5,10H2,1H3. The molecule has 0 aliphatic carbocycles. The van der Waals surface area contributed by atoms with Gasteiger partial charge in [-0.3, -0.25) is 0 Å². The summed E-state index contributed by atoms with van der Waals surface area (Å²) < 4.78 is 5.00. The molecule has 0 heterocycles. The van der Waals surface area contributed by atoms with Crippen LogP contribution in [0.4, 0.5) is 0 Å². The number of ether oxygens (including phenoxy) is 1. The zero-order valence-electron chi connectivity index (χ0n) is 6.30. The summed E-state index contributed by atoms with van der Waals surface area (Å²) in [5.41, 5.74) is 6.34. The molecule has 0 saturated carbocycles. The normalized spacial score (nSPS) is 9.73. The number of hydrogen-bond donors (Lipinski definition) is 1. The van der Waals surface area contributed by atoms with Gasteiger partial charge in [-0.1, -0.05) is 11.6 Å². The molecular formula is C8H10ClNO. The van der Waals surface area contributed by atoms with E-state index in [9.17, 15) is 0 Å². The first kappa shape index (κ1) is 8.37. The molecule has 60 valence electrons. The molecule has 11 heavy (non-hydrogen) atoms. The molecule has 0 unspecified atom stereocenters. The van der Waals surface area contributed by atoms with Crippen LogP contribution >= 0.6 is 11.6 Å².